The number of hydrogen-bond acceptors (Lipinski definition) is 4. The molecule has 0 saturated carbocycles. The second kappa shape index (κ2) is 6.18. The monoisotopic (exact) mass is 315 g/mol. The molecule has 0 bridgehead atoms. The standard InChI is InChI=1S/C10H9F4NO4S/c11-9(12)19-4-5-1-6(8(16)17)3-7(2-5)20(15,18)10(13)14/h1-3,9-10,15H,4H2,(H,16,17)/t20-/m0/s1. The van der Waals surface area contributed by atoms with Gasteiger partial charge in [-0.25, -0.2) is 13.8 Å². The maximum Gasteiger partial charge on any atom is 0.345 e. The van der Waals surface area contributed by atoms with Crippen LogP contribution in [-0.4, -0.2) is 27.7 Å². The Morgan fingerprint density at radius 2 is 1.90 bits per heavy atom. The van der Waals surface area contributed by atoms with E-state index < -0.39 is 45.1 Å². The smallest absolute Gasteiger partial charge is 0.345 e. The second-order valence-corrected chi connectivity index (χ2v) is 5.63. The van der Waals surface area contributed by atoms with E-state index in [0.717, 1.165) is 12.1 Å². The van der Waals surface area contributed by atoms with Gasteiger partial charge in [0.25, 0.3) is 0 Å². The van der Waals surface area contributed by atoms with Crippen molar-refractivity contribution in [2.45, 2.75) is 23.9 Å². The van der Waals surface area contributed by atoms with Crippen molar-refractivity contribution in [1.82, 2.24) is 0 Å². The highest BCUT2D eigenvalue weighted by molar-refractivity contribution is 7.92. The van der Waals surface area contributed by atoms with Gasteiger partial charge < -0.3 is 9.84 Å². The molecule has 0 aliphatic rings. The van der Waals surface area contributed by atoms with Crippen molar-refractivity contribution in [2.24, 2.45) is 0 Å². The van der Waals surface area contributed by atoms with Crippen molar-refractivity contribution in [3.8, 4) is 0 Å². The zero-order valence-corrected chi connectivity index (χ0v) is 10.5. The number of nitrogens with one attached hydrogen (secondary N) is 1. The van der Waals surface area contributed by atoms with Gasteiger partial charge in [0, 0.05) is 0 Å². The molecule has 0 saturated heterocycles. The number of benzene rings is 1. The lowest BCUT2D eigenvalue weighted by molar-refractivity contribution is -0.137. The molecule has 0 aromatic heterocycles. The molecule has 0 heterocycles. The lowest BCUT2D eigenvalue weighted by Gasteiger charge is -2.10. The number of halogens is 4. The number of hydrogen-bond donors (Lipinski definition) is 2. The normalized spacial score (nSPS) is 14.5. The second-order valence-electron chi connectivity index (χ2n) is 3.60. The molecule has 20 heavy (non-hydrogen) atoms. The zero-order valence-electron chi connectivity index (χ0n) is 9.69. The van der Waals surface area contributed by atoms with E-state index in [1.54, 1.807) is 0 Å². The van der Waals surface area contributed by atoms with Crippen LogP contribution in [0.4, 0.5) is 17.6 Å². The van der Waals surface area contributed by atoms with Crippen LogP contribution in [0.2, 0.25) is 0 Å². The lowest BCUT2D eigenvalue weighted by Crippen LogP contribution is -2.12. The number of aromatic carboxylic acids is 1. The fourth-order valence-electron chi connectivity index (χ4n) is 1.30. The third-order valence-corrected chi connectivity index (χ3v) is 3.63. The highest BCUT2D eigenvalue weighted by atomic mass is 32.2. The summed E-state index contributed by atoms with van der Waals surface area (Å²) in [7, 11) is -4.53. The van der Waals surface area contributed by atoms with E-state index in [0.29, 0.717) is 6.07 Å². The van der Waals surface area contributed by atoms with Crippen molar-refractivity contribution in [1.29, 1.82) is 4.78 Å². The molecule has 1 rings (SSSR count). The van der Waals surface area contributed by atoms with E-state index in [1.807, 2.05) is 0 Å². The Morgan fingerprint density at radius 3 is 2.35 bits per heavy atom. The molecule has 5 nitrogen and oxygen atoms in total. The fourth-order valence-corrected chi connectivity index (χ4v) is 2.14. The summed E-state index contributed by atoms with van der Waals surface area (Å²) in [6.45, 7) is -3.90. The van der Waals surface area contributed by atoms with Gasteiger partial charge in [-0.3, -0.25) is 0 Å². The minimum Gasteiger partial charge on any atom is -0.478 e. The maximum atomic E-state index is 12.5. The molecule has 1 atom stereocenters. The molecule has 0 unspecified atom stereocenters. The number of carboxylic acid groups (broad SMARTS) is 1. The number of carbonyl (C=O) groups is 1. The SMILES string of the molecule is N=[S@](=O)(c1cc(COC(F)F)cc(C(=O)O)c1)C(F)F. The summed E-state index contributed by atoms with van der Waals surface area (Å²) in [5.74, 6) is -5.06. The first-order valence-corrected chi connectivity index (χ1v) is 6.59. The summed E-state index contributed by atoms with van der Waals surface area (Å²) in [5, 5.41) is 8.78. The third kappa shape index (κ3) is 3.90. The van der Waals surface area contributed by atoms with Gasteiger partial charge in [-0.15, -0.1) is 0 Å². The molecule has 1 aromatic carbocycles. The summed E-state index contributed by atoms with van der Waals surface area (Å²) < 4.78 is 71.3. The average molecular weight is 315 g/mol. The van der Waals surface area contributed by atoms with E-state index in [-0.39, 0.29) is 5.56 Å². The van der Waals surface area contributed by atoms with Gasteiger partial charge in [-0.05, 0) is 23.8 Å². The predicted molar refractivity (Wildman–Crippen MR) is 59.3 cm³/mol. The largest absolute Gasteiger partial charge is 0.478 e. The van der Waals surface area contributed by atoms with Gasteiger partial charge in [0.15, 0.2) is 0 Å². The molecule has 1 aromatic rings. The van der Waals surface area contributed by atoms with Crippen LogP contribution in [0.3, 0.4) is 0 Å². The Balaban J connectivity index is 3.28. The Bertz CT molecular complexity index is 603. The topological polar surface area (TPSA) is 87.5 Å². The Kier molecular flexibility index (Phi) is 5.06. The van der Waals surface area contributed by atoms with Crippen LogP contribution < -0.4 is 0 Å². The van der Waals surface area contributed by atoms with E-state index in [9.17, 15) is 26.6 Å². The van der Waals surface area contributed by atoms with Gasteiger partial charge in [-0.2, -0.15) is 17.6 Å². The fraction of sp³-hybridized carbons (Fsp3) is 0.300. The van der Waals surface area contributed by atoms with Gasteiger partial charge in [0.1, 0.15) is 9.73 Å². The highest BCUT2D eigenvalue weighted by Crippen LogP contribution is 2.23. The van der Waals surface area contributed by atoms with Crippen LogP contribution in [0.1, 0.15) is 15.9 Å². The van der Waals surface area contributed by atoms with E-state index >= 15 is 0 Å². The summed E-state index contributed by atoms with van der Waals surface area (Å²) in [5.41, 5.74) is -0.739. The molecule has 0 amide bonds. The summed E-state index contributed by atoms with van der Waals surface area (Å²) in [4.78, 5) is 10.1. The van der Waals surface area contributed by atoms with Gasteiger partial charge in [-0.1, -0.05) is 0 Å². The molecule has 0 aliphatic heterocycles. The first-order valence-electron chi connectivity index (χ1n) is 4.97. The third-order valence-electron chi connectivity index (χ3n) is 2.19. The van der Waals surface area contributed by atoms with Crippen LogP contribution in [0, 0.1) is 4.78 Å². The van der Waals surface area contributed by atoms with Crippen LogP contribution >= 0.6 is 0 Å². The molecule has 0 spiro atoms. The van der Waals surface area contributed by atoms with E-state index in [1.165, 1.54) is 0 Å². The first-order chi connectivity index (χ1) is 9.14. The molecule has 0 aliphatic carbocycles. The highest BCUT2D eigenvalue weighted by Gasteiger charge is 2.24. The van der Waals surface area contributed by atoms with Crippen LogP contribution in [0.25, 0.3) is 0 Å². The number of alkyl halides is 4. The molecule has 2 N–H and O–H groups in total. The Labute approximate surface area is 111 Å². The molecule has 112 valence electrons. The molecule has 0 fully saturated rings. The lowest BCUT2D eigenvalue weighted by atomic mass is 10.1. The Morgan fingerprint density at radius 1 is 1.30 bits per heavy atom. The van der Waals surface area contributed by atoms with Gasteiger partial charge in [0.2, 0.25) is 0 Å². The van der Waals surface area contributed by atoms with Crippen molar-refractivity contribution in [3.63, 3.8) is 0 Å². The number of ether oxygens (including phenoxy) is 1. The van der Waals surface area contributed by atoms with E-state index in [2.05, 4.69) is 4.74 Å². The quantitative estimate of drug-likeness (QED) is 0.790. The minimum absolute atomic E-state index is 0.194. The summed E-state index contributed by atoms with van der Waals surface area (Å²) in [6, 6.07) is 2.35. The van der Waals surface area contributed by atoms with Gasteiger partial charge in [0.05, 0.1) is 17.1 Å². The maximum absolute atomic E-state index is 12.5. The number of rotatable bonds is 6. The van der Waals surface area contributed by atoms with E-state index in [4.69, 9.17) is 9.89 Å². The molecule has 10 heteroatoms. The van der Waals surface area contributed by atoms with Crippen molar-refractivity contribution in [3.05, 3.63) is 29.3 Å². The summed E-state index contributed by atoms with van der Waals surface area (Å²) in [6.07, 6.45) is 0. The summed E-state index contributed by atoms with van der Waals surface area (Å²) >= 11 is 0. The molecular weight excluding hydrogens is 306 g/mol. The van der Waals surface area contributed by atoms with Crippen LogP contribution in [0.15, 0.2) is 23.1 Å². The Hall–Kier alpha value is -1.68. The molecular formula is C10H9F4NO4S. The predicted octanol–water partition coefficient (Wildman–Crippen LogP) is 2.75. The van der Waals surface area contributed by atoms with Crippen molar-refractivity contribution < 1.29 is 36.4 Å². The van der Waals surface area contributed by atoms with Crippen molar-refractivity contribution in [2.75, 3.05) is 0 Å². The first kappa shape index (κ1) is 16.4. The van der Waals surface area contributed by atoms with Crippen LogP contribution in [-0.2, 0) is 21.1 Å². The van der Waals surface area contributed by atoms with Crippen molar-refractivity contribution >= 4 is 15.7 Å². The minimum atomic E-state index is -4.53. The van der Waals surface area contributed by atoms with Gasteiger partial charge >= 0.3 is 18.3 Å². The molecule has 0 radical (unpaired) electrons. The average Bonchev–Trinajstić information content (AvgIpc) is 2.35. The number of carboxylic acids is 1. The van der Waals surface area contributed by atoms with Crippen LogP contribution in [0.5, 0.6) is 0 Å². The zero-order chi connectivity index (χ0) is 15.5.